The summed E-state index contributed by atoms with van der Waals surface area (Å²) in [6.45, 7) is 5.71. The molecule has 0 saturated carbocycles. The van der Waals surface area contributed by atoms with Gasteiger partial charge in [0.05, 0.1) is 11.1 Å². The van der Waals surface area contributed by atoms with Crippen molar-refractivity contribution in [1.29, 1.82) is 0 Å². The van der Waals surface area contributed by atoms with Crippen LogP contribution in [0, 0.1) is 11.8 Å². The van der Waals surface area contributed by atoms with E-state index in [1.54, 1.807) is 0 Å². The molecule has 2 fully saturated rings. The topological polar surface area (TPSA) is 6.48 Å². The quantitative estimate of drug-likeness (QED) is 0.733. The van der Waals surface area contributed by atoms with Crippen LogP contribution in [0.4, 0.5) is 0 Å². The highest BCUT2D eigenvalue weighted by molar-refractivity contribution is 8.17. The van der Waals surface area contributed by atoms with E-state index >= 15 is 0 Å². The van der Waals surface area contributed by atoms with Gasteiger partial charge in [-0.05, 0) is 31.4 Å². The largest absolute Gasteiger partial charge is 0.304 e. The van der Waals surface area contributed by atoms with Crippen molar-refractivity contribution in [2.24, 2.45) is 0 Å². The monoisotopic (exact) mass is 284 g/mol. The third-order valence-electron chi connectivity index (χ3n) is 3.42. The third kappa shape index (κ3) is 5.44. The summed E-state index contributed by atoms with van der Waals surface area (Å²) in [6.07, 6.45) is 3.74. The van der Waals surface area contributed by atoms with E-state index in [1.807, 2.05) is 0 Å². The number of hydrogen-bond acceptors (Lipinski definition) is 4. The van der Waals surface area contributed by atoms with Crippen molar-refractivity contribution in [3.63, 3.8) is 0 Å². The first-order valence-electron chi connectivity index (χ1n) is 6.94. The first-order chi connectivity index (χ1) is 8.84. The van der Waals surface area contributed by atoms with Gasteiger partial charge in [-0.15, -0.1) is 29.4 Å². The molecule has 0 atom stereocenters. The normalized spacial score (nSPS) is 23.6. The van der Waals surface area contributed by atoms with Gasteiger partial charge in [0.25, 0.3) is 0 Å². The fraction of sp³-hybridized carbons (Fsp3) is 0.857. The SMILES string of the molecule is CN1CCN(CC#CCCC2SCCCS2)CC1. The van der Waals surface area contributed by atoms with E-state index in [4.69, 9.17) is 0 Å². The number of rotatable bonds is 3. The fourth-order valence-electron chi connectivity index (χ4n) is 2.16. The molecule has 2 rings (SSSR count). The summed E-state index contributed by atoms with van der Waals surface area (Å²) < 4.78 is 0.816. The molecule has 0 amide bonds. The third-order valence-corrected chi connectivity index (χ3v) is 6.50. The van der Waals surface area contributed by atoms with Gasteiger partial charge in [0.15, 0.2) is 0 Å². The molecule has 0 aromatic carbocycles. The highest BCUT2D eigenvalue weighted by atomic mass is 32.2. The Morgan fingerprint density at radius 2 is 1.78 bits per heavy atom. The van der Waals surface area contributed by atoms with Crippen LogP contribution in [0.2, 0.25) is 0 Å². The Balaban J connectivity index is 1.55. The lowest BCUT2D eigenvalue weighted by Gasteiger charge is -2.30. The molecular weight excluding hydrogens is 260 g/mol. The van der Waals surface area contributed by atoms with E-state index in [0.717, 1.165) is 17.5 Å². The molecule has 18 heavy (non-hydrogen) atoms. The Kier molecular flexibility index (Phi) is 6.78. The van der Waals surface area contributed by atoms with Crippen molar-refractivity contribution in [2.75, 3.05) is 51.3 Å². The molecule has 0 bridgehead atoms. The molecule has 0 aromatic heterocycles. The first kappa shape index (κ1) is 14.6. The second-order valence-electron chi connectivity index (χ2n) is 5.00. The Bertz CT molecular complexity index is 284. The van der Waals surface area contributed by atoms with Crippen molar-refractivity contribution < 1.29 is 0 Å². The highest BCUT2D eigenvalue weighted by Gasteiger charge is 2.13. The number of likely N-dealkylation sites (N-methyl/N-ethyl adjacent to an activating group) is 1. The molecule has 4 heteroatoms. The van der Waals surface area contributed by atoms with E-state index in [-0.39, 0.29) is 0 Å². The van der Waals surface area contributed by atoms with Gasteiger partial charge in [-0.3, -0.25) is 4.90 Å². The zero-order valence-corrected chi connectivity index (χ0v) is 13.0. The van der Waals surface area contributed by atoms with Crippen molar-refractivity contribution in [2.45, 2.75) is 23.8 Å². The molecule has 2 heterocycles. The van der Waals surface area contributed by atoms with E-state index in [2.05, 4.69) is 52.2 Å². The summed E-state index contributed by atoms with van der Waals surface area (Å²) >= 11 is 4.26. The molecular formula is C14H24N2S2. The minimum atomic E-state index is 0.816. The molecule has 2 aliphatic rings. The molecule has 0 radical (unpaired) electrons. The Labute approximate surface area is 120 Å². The van der Waals surface area contributed by atoms with Gasteiger partial charge in [-0.2, -0.15) is 0 Å². The molecule has 0 aliphatic carbocycles. The van der Waals surface area contributed by atoms with E-state index in [1.165, 1.54) is 50.5 Å². The Morgan fingerprint density at radius 1 is 1.06 bits per heavy atom. The van der Waals surface area contributed by atoms with E-state index in [9.17, 15) is 0 Å². The lowest BCUT2D eigenvalue weighted by atomic mass is 10.3. The molecule has 0 unspecified atom stereocenters. The Hall–Kier alpha value is 0.180. The van der Waals surface area contributed by atoms with Crippen LogP contribution in [-0.2, 0) is 0 Å². The van der Waals surface area contributed by atoms with Crippen molar-refractivity contribution in [3.8, 4) is 11.8 Å². The van der Waals surface area contributed by atoms with Gasteiger partial charge in [-0.1, -0.05) is 5.92 Å². The maximum Gasteiger partial charge on any atom is 0.0602 e. The maximum absolute atomic E-state index is 3.36. The number of nitrogens with zero attached hydrogens (tertiary/aromatic N) is 2. The van der Waals surface area contributed by atoms with Crippen LogP contribution in [-0.4, -0.2) is 65.7 Å². The summed E-state index contributed by atoms with van der Waals surface area (Å²) in [7, 11) is 2.20. The molecule has 0 N–H and O–H groups in total. The van der Waals surface area contributed by atoms with Gasteiger partial charge in [0.2, 0.25) is 0 Å². The number of hydrogen-bond donors (Lipinski definition) is 0. The van der Waals surface area contributed by atoms with Crippen molar-refractivity contribution >= 4 is 23.5 Å². The zero-order valence-electron chi connectivity index (χ0n) is 11.4. The summed E-state index contributed by atoms with van der Waals surface area (Å²) in [5.74, 6) is 9.41. The Morgan fingerprint density at radius 3 is 2.50 bits per heavy atom. The van der Waals surface area contributed by atoms with Crippen LogP contribution in [0.5, 0.6) is 0 Å². The van der Waals surface area contributed by atoms with Crippen LogP contribution in [0.1, 0.15) is 19.3 Å². The molecule has 102 valence electrons. The highest BCUT2D eigenvalue weighted by Crippen LogP contribution is 2.33. The predicted octanol–water partition coefficient (Wildman–Crippen LogP) is 2.21. The number of piperazine rings is 1. The standard InChI is InChI=1S/C14H24N2S2/c1-15-8-10-16(11-9-15)7-4-2-3-6-14-17-12-5-13-18-14/h14H,3,5-13H2,1H3. The average molecular weight is 284 g/mol. The molecule has 2 aliphatic heterocycles. The second-order valence-corrected chi connectivity index (χ2v) is 7.92. The van der Waals surface area contributed by atoms with Gasteiger partial charge >= 0.3 is 0 Å². The summed E-state index contributed by atoms with van der Waals surface area (Å²) in [5.41, 5.74) is 0. The van der Waals surface area contributed by atoms with Crippen molar-refractivity contribution in [1.82, 2.24) is 9.80 Å². The van der Waals surface area contributed by atoms with Gasteiger partial charge < -0.3 is 4.90 Å². The van der Waals surface area contributed by atoms with Gasteiger partial charge in [-0.25, -0.2) is 0 Å². The molecule has 2 nitrogen and oxygen atoms in total. The van der Waals surface area contributed by atoms with Gasteiger partial charge in [0.1, 0.15) is 0 Å². The summed E-state index contributed by atoms with van der Waals surface area (Å²) in [6, 6.07) is 0. The van der Waals surface area contributed by atoms with Crippen molar-refractivity contribution in [3.05, 3.63) is 0 Å². The van der Waals surface area contributed by atoms with Crippen LogP contribution < -0.4 is 0 Å². The summed E-state index contributed by atoms with van der Waals surface area (Å²) in [4.78, 5) is 4.86. The predicted molar refractivity (Wildman–Crippen MR) is 84.3 cm³/mol. The second kappa shape index (κ2) is 8.37. The summed E-state index contributed by atoms with van der Waals surface area (Å²) in [5, 5.41) is 0. The van der Waals surface area contributed by atoms with E-state index < -0.39 is 0 Å². The van der Waals surface area contributed by atoms with Crippen LogP contribution in [0.15, 0.2) is 0 Å². The average Bonchev–Trinajstić information content (AvgIpc) is 2.42. The minimum Gasteiger partial charge on any atom is -0.304 e. The molecule has 0 spiro atoms. The smallest absolute Gasteiger partial charge is 0.0602 e. The van der Waals surface area contributed by atoms with Crippen LogP contribution in [0.3, 0.4) is 0 Å². The lowest BCUT2D eigenvalue weighted by molar-refractivity contribution is 0.168. The van der Waals surface area contributed by atoms with E-state index in [0.29, 0.717) is 0 Å². The lowest BCUT2D eigenvalue weighted by Crippen LogP contribution is -2.44. The van der Waals surface area contributed by atoms with Gasteiger partial charge in [0, 0.05) is 32.6 Å². The first-order valence-corrected chi connectivity index (χ1v) is 9.04. The fourth-order valence-corrected chi connectivity index (χ4v) is 5.02. The zero-order chi connectivity index (χ0) is 12.6. The maximum atomic E-state index is 3.36. The minimum absolute atomic E-state index is 0.816. The van der Waals surface area contributed by atoms with Crippen LogP contribution >= 0.6 is 23.5 Å². The van der Waals surface area contributed by atoms with Crippen LogP contribution in [0.25, 0.3) is 0 Å². The number of thioether (sulfide) groups is 2. The molecule has 0 aromatic rings. The molecule has 2 saturated heterocycles.